The Bertz CT molecular complexity index is 857. The first-order valence-electron chi connectivity index (χ1n) is 11.1. The molecule has 2 rings (SSSR count). The minimum atomic E-state index is 0. The highest BCUT2D eigenvalue weighted by Crippen LogP contribution is 2.19. The van der Waals surface area contributed by atoms with Gasteiger partial charge in [0.1, 0.15) is 11.5 Å². The number of ether oxygens (including phenoxy) is 2. The third-order valence-corrected chi connectivity index (χ3v) is 7.71. The van der Waals surface area contributed by atoms with Gasteiger partial charge in [-0.25, -0.2) is 0 Å². The number of hydrogen-bond donors (Lipinski definition) is 1. The van der Waals surface area contributed by atoms with Gasteiger partial charge < -0.3 is 20.2 Å². The zero-order valence-corrected chi connectivity index (χ0v) is 24.8. The molecular formula is C25H34ClI2N3O3. The lowest BCUT2D eigenvalue weighted by Crippen LogP contribution is -2.46. The molecule has 0 saturated carbocycles. The number of hydrazone groups is 1. The van der Waals surface area contributed by atoms with Crippen molar-refractivity contribution in [3.63, 3.8) is 0 Å². The summed E-state index contributed by atoms with van der Waals surface area (Å²) in [7, 11) is 0. The topological polar surface area (TPSA) is 77.2 Å². The largest absolute Gasteiger partial charge is 0.494 e. The van der Waals surface area contributed by atoms with Crippen LogP contribution in [0.2, 0.25) is 0 Å². The summed E-state index contributed by atoms with van der Waals surface area (Å²) in [6.07, 6.45) is 4.53. The van der Waals surface area contributed by atoms with Crippen molar-refractivity contribution in [1.82, 2.24) is 4.90 Å². The van der Waals surface area contributed by atoms with Gasteiger partial charge in [0.05, 0.1) is 19.4 Å². The maximum Gasteiger partial charge on any atom is 0.254 e. The van der Waals surface area contributed by atoms with Gasteiger partial charge in [-0.05, 0) is 87.2 Å². The number of halogens is 3. The molecule has 9 heteroatoms. The first kappa shape index (κ1) is 30.8. The van der Waals surface area contributed by atoms with E-state index in [1.54, 1.807) is 6.21 Å². The molecule has 0 spiro atoms. The van der Waals surface area contributed by atoms with E-state index in [9.17, 15) is 4.79 Å². The monoisotopic (exact) mass is 713 g/mol. The molecule has 0 radical (unpaired) electrons. The predicted molar refractivity (Wildman–Crippen MR) is 160 cm³/mol. The second-order valence-corrected chi connectivity index (χ2v) is 9.61. The van der Waals surface area contributed by atoms with E-state index in [1.165, 1.54) is 0 Å². The van der Waals surface area contributed by atoms with Crippen LogP contribution in [0.4, 0.5) is 0 Å². The lowest BCUT2D eigenvalue weighted by molar-refractivity contribution is 0.0656. The Morgan fingerprint density at radius 2 is 1.38 bits per heavy atom. The molecule has 0 aromatic heterocycles. The summed E-state index contributed by atoms with van der Waals surface area (Å²) in [6.45, 7) is 5.52. The van der Waals surface area contributed by atoms with Crippen LogP contribution in [0.15, 0.2) is 53.6 Å². The lowest BCUT2D eigenvalue weighted by atomic mass is 10.1. The number of unbranched alkanes of at least 4 members (excludes halogenated alkanes) is 2. The lowest BCUT2D eigenvalue weighted by Gasteiger charge is -2.33. The fraction of sp³-hybridized carbons (Fsp3) is 0.440. The van der Waals surface area contributed by atoms with Gasteiger partial charge in [-0.15, -0.1) is 12.4 Å². The normalized spacial score (nSPS) is 12.6. The molecule has 6 nitrogen and oxygen atoms in total. The highest BCUT2D eigenvalue weighted by Gasteiger charge is 2.25. The number of alkyl halides is 2. The quantitative estimate of drug-likeness (QED) is 0.0640. The van der Waals surface area contributed by atoms with Crippen LogP contribution < -0.4 is 15.3 Å². The molecule has 0 fully saturated rings. The van der Waals surface area contributed by atoms with Crippen molar-refractivity contribution in [1.29, 1.82) is 0 Å². The molecule has 2 unspecified atom stereocenters. The molecule has 2 atom stereocenters. The molecule has 0 bridgehead atoms. The fourth-order valence-electron chi connectivity index (χ4n) is 3.32. The van der Waals surface area contributed by atoms with Crippen molar-refractivity contribution < 1.29 is 14.3 Å². The number of carbonyl (C=O) groups is 1. The van der Waals surface area contributed by atoms with E-state index in [-0.39, 0.29) is 30.4 Å². The molecule has 0 aliphatic heterocycles. The summed E-state index contributed by atoms with van der Waals surface area (Å²) >= 11 is 4.68. The van der Waals surface area contributed by atoms with Gasteiger partial charge >= 0.3 is 0 Å². The Labute approximate surface area is 236 Å². The Morgan fingerprint density at radius 3 is 1.82 bits per heavy atom. The third-order valence-electron chi connectivity index (χ3n) is 5.16. The summed E-state index contributed by atoms with van der Waals surface area (Å²) in [4.78, 5) is 15.0. The molecule has 2 aromatic rings. The third kappa shape index (κ3) is 10.2. The summed E-state index contributed by atoms with van der Waals surface area (Å²) < 4.78 is 13.4. The fourth-order valence-corrected chi connectivity index (χ4v) is 4.17. The van der Waals surface area contributed by atoms with Crippen molar-refractivity contribution >= 4 is 69.7 Å². The maximum atomic E-state index is 13.0. The van der Waals surface area contributed by atoms with Gasteiger partial charge in [0, 0.05) is 26.5 Å². The Morgan fingerprint density at radius 1 is 0.912 bits per heavy atom. The summed E-state index contributed by atoms with van der Waals surface area (Å²) in [5, 5.41) is 3.50. The first-order valence-corrected chi connectivity index (χ1v) is 14.2. The van der Waals surface area contributed by atoms with Crippen LogP contribution >= 0.6 is 57.6 Å². The average Bonchev–Trinajstić information content (AvgIpc) is 2.84. The highest BCUT2D eigenvalue weighted by molar-refractivity contribution is 14.1. The molecular weight excluding hydrogens is 680 g/mol. The van der Waals surface area contributed by atoms with Crippen molar-refractivity contribution in [2.24, 2.45) is 10.9 Å². The number of nitrogens with two attached hydrogens (primary N) is 1. The molecule has 0 heterocycles. The van der Waals surface area contributed by atoms with E-state index in [1.807, 2.05) is 53.4 Å². The molecule has 0 aliphatic carbocycles. The van der Waals surface area contributed by atoms with Gasteiger partial charge in [0.2, 0.25) is 0 Å². The van der Waals surface area contributed by atoms with Gasteiger partial charge in [0.15, 0.2) is 0 Å². The van der Waals surface area contributed by atoms with Crippen molar-refractivity contribution in [2.75, 3.05) is 22.1 Å². The number of benzene rings is 2. The van der Waals surface area contributed by atoms with E-state index >= 15 is 0 Å². The molecule has 34 heavy (non-hydrogen) atoms. The van der Waals surface area contributed by atoms with Gasteiger partial charge in [-0.1, -0.05) is 45.2 Å². The van der Waals surface area contributed by atoms with E-state index < -0.39 is 0 Å². The molecule has 0 aliphatic rings. The smallest absolute Gasteiger partial charge is 0.254 e. The van der Waals surface area contributed by atoms with E-state index in [4.69, 9.17) is 15.3 Å². The number of nitrogens with zero attached hydrogens (tertiary/aromatic N) is 2. The molecule has 2 aromatic carbocycles. The van der Waals surface area contributed by atoms with Crippen molar-refractivity contribution in [2.45, 2.75) is 45.2 Å². The van der Waals surface area contributed by atoms with Crippen LogP contribution in [0.25, 0.3) is 0 Å². The summed E-state index contributed by atoms with van der Waals surface area (Å²) in [5.74, 6) is 6.86. The van der Waals surface area contributed by atoms with Gasteiger partial charge in [-0.2, -0.15) is 5.10 Å². The Kier molecular flexibility index (Phi) is 15.6. The molecule has 0 saturated heterocycles. The number of amides is 1. The number of hydrogen-bond acceptors (Lipinski definition) is 5. The van der Waals surface area contributed by atoms with E-state index in [0.29, 0.717) is 18.8 Å². The van der Waals surface area contributed by atoms with Crippen LogP contribution in [0.3, 0.4) is 0 Å². The zero-order chi connectivity index (χ0) is 24.1. The highest BCUT2D eigenvalue weighted by atomic mass is 127. The van der Waals surface area contributed by atoms with Crippen molar-refractivity contribution in [3.05, 3.63) is 59.7 Å². The molecule has 188 valence electrons. The number of rotatable bonds is 14. The second kappa shape index (κ2) is 17.2. The Balaban J connectivity index is 0.00000578. The van der Waals surface area contributed by atoms with Crippen LogP contribution in [0.5, 0.6) is 11.5 Å². The second-order valence-electron chi connectivity index (χ2n) is 7.85. The Hall–Kier alpha value is -1.27. The minimum absolute atomic E-state index is 0. The van der Waals surface area contributed by atoms with Crippen molar-refractivity contribution in [3.8, 4) is 11.5 Å². The zero-order valence-electron chi connectivity index (χ0n) is 19.7. The standard InChI is InChI=1S/C25H33I2N3O3.ClH/c1-19(16-26)30(20(2)17-27)25(31)22-8-12-24(13-9-22)33-15-5-3-4-14-32-23-10-6-21(7-11-23)18-29-28;/h6-13,18-20H,3-5,14-17,28H2,1-2H3;1H. The summed E-state index contributed by atoms with van der Waals surface area (Å²) in [6, 6.07) is 15.6. The van der Waals surface area contributed by atoms with Crippen LogP contribution in [-0.2, 0) is 0 Å². The first-order chi connectivity index (χ1) is 16.0. The molecule has 2 N–H and O–H groups in total. The minimum Gasteiger partial charge on any atom is -0.494 e. The van der Waals surface area contributed by atoms with Gasteiger partial charge in [0.25, 0.3) is 5.91 Å². The number of carbonyl (C=O) groups excluding carboxylic acids is 1. The average molecular weight is 714 g/mol. The van der Waals surface area contributed by atoms with E-state index in [0.717, 1.165) is 45.2 Å². The maximum absolute atomic E-state index is 13.0. The van der Waals surface area contributed by atoms with Gasteiger partial charge in [-0.3, -0.25) is 4.79 Å². The predicted octanol–water partition coefficient (Wildman–Crippen LogP) is 6.12. The summed E-state index contributed by atoms with van der Waals surface area (Å²) in [5.41, 5.74) is 1.65. The van der Waals surface area contributed by atoms with E-state index in [2.05, 4.69) is 64.1 Å². The van der Waals surface area contributed by atoms with Crippen LogP contribution in [-0.4, -0.2) is 51.2 Å². The van der Waals surface area contributed by atoms with Crippen LogP contribution in [0.1, 0.15) is 49.0 Å². The van der Waals surface area contributed by atoms with Crippen LogP contribution in [0, 0.1) is 0 Å². The molecule has 1 amide bonds. The SMILES string of the molecule is CC(CI)N(C(=O)c1ccc(OCCCCCOc2ccc(C=NN)cc2)cc1)C(C)CI.Cl.